The fourth-order valence-electron chi connectivity index (χ4n) is 1.65. The number of ether oxygens (including phenoxy) is 1. The van der Waals surface area contributed by atoms with E-state index in [1.807, 2.05) is 0 Å². The van der Waals surface area contributed by atoms with E-state index >= 15 is 0 Å². The first-order valence-electron chi connectivity index (χ1n) is 7.03. The van der Waals surface area contributed by atoms with Crippen LogP contribution in [0, 0.1) is 0 Å². The third kappa shape index (κ3) is 7.89. The van der Waals surface area contributed by atoms with E-state index in [0.717, 1.165) is 0 Å². The second-order valence-corrected chi connectivity index (χ2v) is 6.10. The van der Waals surface area contributed by atoms with Gasteiger partial charge in [-0.3, -0.25) is 4.79 Å². The summed E-state index contributed by atoms with van der Waals surface area (Å²) in [5.74, 6) is -0.448. The summed E-state index contributed by atoms with van der Waals surface area (Å²) in [6.45, 7) is 4.98. The van der Waals surface area contributed by atoms with E-state index in [-0.39, 0.29) is 13.0 Å². The summed E-state index contributed by atoms with van der Waals surface area (Å²) in [7, 11) is 0. The van der Waals surface area contributed by atoms with Gasteiger partial charge in [-0.15, -0.1) is 0 Å². The van der Waals surface area contributed by atoms with Crippen LogP contribution in [0.5, 0.6) is 0 Å². The fourth-order valence-corrected chi connectivity index (χ4v) is 1.65. The van der Waals surface area contributed by atoms with Crippen LogP contribution in [0.4, 0.5) is 13.2 Å². The van der Waals surface area contributed by atoms with Gasteiger partial charge in [-0.25, -0.2) is 0 Å². The summed E-state index contributed by atoms with van der Waals surface area (Å²) in [6, 6.07) is -0.346. The molecule has 9 heteroatoms. The van der Waals surface area contributed by atoms with Crippen LogP contribution in [-0.4, -0.2) is 40.5 Å². The maximum Gasteiger partial charge on any atom is 0.404 e. The summed E-state index contributed by atoms with van der Waals surface area (Å²) in [4.78, 5) is 11.7. The first-order chi connectivity index (χ1) is 10.5. The van der Waals surface area contributed by atoms with E-state index in [9.17, 15) is 18.0 Å². The van der Waals surface area contributed by atoms with Crippen LogP contribution in [0.1, 0.15) is 32.0 Å². The van der Waals surface area contributed by atoms with Crippen molar-refractivity contribution < 1.29 is 22.7 Å². The highest BCUT2D eigenvalue weighted by Gasteiger charge is 2.36. The van der Waals surface area contributed by atoms with E-state index < -0.39 is 30.3 Å². The monoisotopic (exact) mass is 334 g/mol. The maximum absolute atomic E-state index is 12.3. The molecule has 0 unspecified atom stereocenters. The van der Waals surface area contributed by atoms with Gasteiger partial charge in [0, 0.05) is 13.1 Å². The van der Waals surface area contributed by atoms with Gasteiger partial charge < -0.3 is 15.8 Å². The van der Waals surface area contributed by atoms with Crippen LogP contribution >= 0.6 is 0 Å². The Bertz CT molecular complexity index is 529. The van der Waals surface area contributed by atoms with E-state index in [0.29, 0.717) is 11.3 Å². The van der Waals surface area contributed by atoms with Crippen LogP contribution in [-0.2, 0) is 22.5 Å². The smallest absolute Gasteiger partial charge is 0.404 e. The minimum Gasteiger partial charge on any atom is -0.460 e. The average Bonchev–Trinajstić information content (AvgIpc) is 2.35. The molecule has 0 amide bonds. The standard InChI is InChI=1S/C14H21F3N4O2/c1-13(2,3)23-12(22)5-10-4-9(7-20-21-10)6-19-8-11(18)14(15,16)17/h4,7,11,19H,5-6,8,18H2,1-3H3/t11-/m0/s1. The Kier molecular flexibility index (Phi) is 6.46. The Balaban J connectivity index is 2.52. The number of nitrogens with two attached hydrogens (primary N) is 1. The minimum atomic E-state index is -4.44. The first-order valence-corrected chi connectivity index (χ1v) is 7.03. The van der Waals surface area contributed by atoms with Crippen LogP contribution < -0.4 is 11.1 Å². The van der Waals surface area contributed by atoms with Crippen molar-refractivity contribution in [2.45, 2.75) is 51.6 Å². The molecule has 1 aromatic heterocycles. The molecular weight excluding hydrogens is 313 g/mol. The Morgan fingerprint density at radius 1 is 1.39 bits per heavy atom. The number of alkyl halides is 3. The van der Waals surface area contributed by atoms with Gasteiger partial charge in [-0.2, -0.15) is 23.4 Å². The molecule has 130 valence electrons. The number of rotatable bonds is 6. The van der Waals surface area contributed by atoms with Crippen LogP contribution in [0.2, 0.25) is 0 Å². The van der Waals surface area contributed by atoms with E-state index in [4.69, 9.17) is 10.5 Å². The topological polar surface area (TPSA) is 90.1 Å². The van der Waals surface area contributed by atoms with Gasteiger partial charge in [0.05, 0.1) is 18.3 Å². The van der Waals surface area contributed by atoms with Gasteiger partial charge in [0.25, 0.3) is 0 Å². The number of carbonyl (C=O) groups excluding carboxylic acids is 1. The normalized spacial score (nSPS) is 13.7. The lowest BCUT2D eigenvalue weighted by molar-refractivity contribution is -0.154. The molecule has 0 saturated heterocycles. The van der Waals surface area contributed by atoms with Crippen LogP contribution in [0.3, 0.4) is 0 Å². The predicted octanol–water partition coefficient (Wildman–Crippen LogP) is 1.34. The van der Waals surface area contributed by atoms with Crippen molar-refractivity contribution in [3.63, 3.8) is 0 Å². The van der Waals surface area contributed by atoms with Gasteiger partial charge in [-0.05, 0) is 32.4 Å². The number of aromatic nitrogens is 2. The molecule has 0 fully saturated rings. The third-order valence-electron chi connectivity index (χ3n) is 2.62. The summed E-state index contributed by atoms with van der Waals surface area (Å²) in [5, 5.41) is 10.1. The molecule has 1 rings (SSSR count). The predicted molar refractivity (Wildman–Crippen MR) is 77.3 cm³/mol. The second kappa shape index (κ2) is 7.69. The Morgan fingerprint density at radius 2 is 2.04 bits per heavy atom. The van der Waals surface area contributed by atoms with Crippen LogP contribution in [0.15, 0.2) is 12.3 Å². The number of esters is 1. The zero-order valence-electron chi connectivity index (χ0n) is 13.3. The zero-order chi connectivity index (χ0) is 17.7. The summed E-state index contributed by atoms with van der Waals surface area (Å²) >= 11 is 0. The second-order valence-electron chi connectivity index (χ2n) is 6.10. The lowest BCUT2D eigenvalue weighted by Gasteiger charge is -2.19. The molecule has 1 atom stereocenters. The third-order valence-corrected chi connectivity index (χ3v) is 2.62. The Morgan fingerprint density at radius 3 is 2.61 bits per heavy atom. The number of halogens is 3. The number of hydrogen-bond acceptors (Lipinski definition) is 6. The molecule has 6 nitrogen and oxygen atoms in total. The van der Waals surface area contributed by atoms with E-state index in [1.165, 1.54) is 6.20 Å². The number of nitrogens with one attached hydrogen (secondary N) is 1. The van der Waals surface area contributed by atoms with Gasteiger partial charge in [0.15, 0.2) is 0 Å². The molecule has 0 aliphatic heterocycles. The molecular formula is C14H21F3N4O2. The molecule has 23 heavy (non-hydrogen) atoms. The van der Waals surface area contributed by atoms with Crippen molar-refractivity contribution in [1.29, 1.82) is 0 Å². The molecule has 0 aliphatic rings. The lowest BCUT2D eigenvalue weighted by atomic mass is 10.2. The van der Waals surface area contributed by atoms with Crippen molar-refractivity contribution in [3.05, 3.63) is 23.5 Å². The molecule has 0 spiro atoms. The highest BCUT2D eigenvalue weighted by molar-refractivity contribution is 5.72. The number of carbonyl (C=O) groups is 1. The van der Waals surface area contributed by atoms with Crippen molar-refractivity contribution in [2.75, 3.05) is 6.54 Å². The van der Waals surface area contributed by atoms with Gasteiger partial charge in [0.1, 0.15) is 11.6 Å². The highest BCUT2D eigenvalue weighted by atomic mass is 19.4. The first kappa shape index (κ1) is 19.3. The van der Waals surface area contributed by atoms with Crippen molar-refractivity contribution in [3.8, 4) is 0 Å². The molecule has 1 heterocycles. The maximum atomic E-state index is 12.3. The molecule has 0 saturated carbocycles. The lowest BCUT2D eigenvalue weighted by Crippen LogP contribution is -2.45. The van der Waals surface area contributed by atoms with Crippen molar-refractivity contribution in [2.24, 2.45) is 5.73 Å². The molecule has 3 N–H and O–H groups in total. The molecule has 0 aromatic carbocycles. The van der Waals surface area contributed by atoms with Crippen molar-refractivity contribution in [1.82, 2.24) is 15.5 Å². The quantitative estimate of drug-likeness (QED) is 0.763. The molecule has 1 aromatic rings. The van der Waals surface area contributed by atoms with E-state index in [2.05, 4.69) is 15.5 Å². The Hall–Kier alpha value is -1.74. The van der Waals surface area contributed by atoms with Crippen LogP contribution in [0.25, 0.3) is 0 Å². The largest absolute Gasteiger partial charge is 0.460 e. The van der Waals surface area contributed by atoms with E-state index in [1.54, 1.807) is 26.8 Å². The SMILES string of the molecule is CC(C)(C)OC(=O)Cc1cc(CNC[C@H](N)C(F)(F)F)cnn1. The average molecular weight is 334 g/mol. The van der Waals surface area contributed by atoms with Gasteiger partial charge in [0.2, 0.25) is 0 Å². The molecule has 0 bridgehead atoms. The number of hydrogen-bond donors (Lipinski definition) is 2. The summed E-state index contributed by atoms with van der Waals surface area (Å²) in [6.07, 6.45) is -3.09. The fraction of sp³-hybridized carbons (Fsp3) is 0.643. The van der Waals surface area contributed by atoms with Gasteiger partial charge in [-0.1, -0.05) is 0 Å². The number of nitrogens with zero attached hydrogens (tertiary/aromatic N) is 2. The van der Waals surface area contributed by atoms with Gasteiger partial charge >= 0.3 is 12.1 Å². The minimum absolute atomic E-state index is 0.0554. The molecule has 0 radical (unpaired) electrons. The summed E-state index contributed by atoms with van der Waals surface area (Å²) < 4.78 is 42.0. The zero-order valence-corrected chi connectivity index (χ0v) is 13.3. The molecule has 0 aliphatic carbocycles. The highest BCUT2D eigenvalue weighted by Crippen LogP contribution is 2.17. The summed E-state index contributed by atoms with van der Waals surface area (Å²) in [5.41, 5.74) is 5.39. The Labute approximate surface area is 132 Å². The van der Waals surface area contributed by atoms with Crippen molar-refractivity contribution >= 4 is 5.97 Å².